The molecular formula is C24H27N5O4. The second kappa shape index (κ2) is 10.3. The molecule has 0 radical (unpaired) electrons. The minimum atomic E-state index is -0.379. The van der Waals surface area contributed by atoms with Crippen LogP contribution in [-0.4, -0.2) is 69.6 Å². The number of aryl methyl sites for hydroxylation is 1. The molecule has 9 heteroatoms. The van der Waals surface area contributed by atoms with Crippen molar-refractivity contribution in [2.45, 2.75) is 26.2 Å². The number of pyridine rings is 1. The molecule has 2 aromatic heterocycles. The van der Waals surface area contributed by atoms with Gasteiger partial charge in [0.1, 0.15) is 18.0 Å². The number of H-pyrrole nitrogens is 1. The van der Waals surface area contributed by atoms with E-state index in [-0.39, 0.29) is 36.7 Å². The molecule has 0 saturated carbocycles. The lowest BCUT2D eigenvalue weighted by Crippen LogP contribution is -2.39. The van der Waals surface area contributed by atoms with E-state index in [9.17, 15) is 9.59 Å². The zero-order valence-electron chi connectivity index (χ0n) is 18.7. The second-order valence-corrected chi connectivity index (χ2v) is 8.00. The standard InChI is InChI=1S/C24H27N5O4/c1-17-10-22(27-26-17)24(31)29-14-21(33-16-18-6-5-8-20(11-18)32-2)13-28(23(30)15-29)12-19-7-3-4-9-25-19/h3-11,21H,12-16H2,1-2H3,(H,26,27)/t21-/m1/s1. The zero-order chi connectivity index (χ0) is 23.2. The highest BCUT2D eigenvalue weighted by atomic mass is 16.5. The van der Waals surface area contributed by atoms with Crippen molar-refractivity contribution in [1.29, 1.82) is 0 Å². The third-order valence-electron chi connectivity index (χ3n) is 5.44. The molecule has 0 unspecified atom stereocenters. The van der Waals surface area contributed by atoms with Gasteiger partial charge in [-0.3, -0.25) is 19.7 Å². The Morgan fingerprint density at radius 1 is 1.18 bits per heavy atom. The number of hydrogen-bond donors (Lipinski definition) is 1. The van der Waals surface area contributed by atoms with E-state index < -0.39 is 0 Å². The van der Waals surface area contributed by atoms with Crippen molar-refractivity contribution in [2.75, 3.05) is 26.7 Å². The molecule has 1 N–H and O–H groups in total. The van der Waals surface area contributed by atoms with Crippen LogP contribution in [0.1, 0.15) is 27.4 Å². The number of carbonyl (C=O) groups excluding carboxylic acids is 2. The average molecular weight is 450 g/mol. The van der Waals surface area contributed by atoms with Gasteiger partial charge in [-0.2, -0.15) is 5.10 Å². The van der Waals surface area contributed by atoms with Gasteiger partial charge in [-0.15, -0.1) is 0 Å². The van der Waals surface area contributed by atoms with E-state index in [1.165, 1.54) is 4.90 Å². The van der Waals surface area contributed by atoms with Crippen LogP contribution in [0.15, 0.2) is 54.7 Å². The molecule has 1 atom stereocenters. The van der Waals surface area contributed by atoms with Gasteiger partial charge in [-0.1, -0.05) is 18.2 Å². The van der Waals surface area contributed by atoms with Crippen LogP contribution in [0.2, 0.25) is 0 Å². The third-order valence-corrected chi connectivity index (χ3v) is 5.44. The smallest absolute Gasteiger partial charge is 0.274 e. The number of nitrogens with zero attached hydrogens (tertiary/aromatic N) is 4. The SMILES string of the molecule is COc1cccc(CO[C@@H]2CN(Cc3ccccn3)C(=O)CN(C(=O)c3cc(C)[nH]n3)C2)c1. The van der Waals surface area contributed by atoms with Gasteiger partial charge in [0.15, 0.2) is 0 Å². The normalized spacial score (nSPS) is 16.5. The van der Waals surface area contributed by atoms with E-state index in [0.29, 0.717) is 19.7 Å². The fraction of sp³-hybridized carbons (Fsp3) is 0.333. The number of aromatic nitrogens is 3. The van der Waals surface area contributed by atoms with E-state index >= 15 is 0 Å². The molecule has 0 spiro atoms. The first-order valence-electron chi connectivity index (χ1n) is 10.8. The molecule has 1 fully saturated rings. The molecule has 1 aliphatic heterocycles. The van der Waals surface area contributed by atoms with Gasteiger partial charge in [-0.05, 0) is 42.8 Å². The number of ether oxygens (including phenoxy) is 2. The Balaban J connectivity index is 1.53. The van der Waals surface area contributed by atoms with Gasteiger partial charge in [0.25, 0.3) is 5.91 Å². The van der Waals surface area contributed by atoms with Crippen LogP contribution in [0.4, 0.5) is 0 Å². The summed E-state index contributed by atoms with van der Waals surface area (Å²) >= 11 is 0. The van der Waals surface area contributed by atoms with Crippen LogP contribution >= 0.6 is 0 Å². The van der Waals surface area contributed by atoms with Gasteiger partial charge in [0.2, 0.25) is 5.91 Å². The Labute approximate surface area is 192 Å². The summed E-state index contributed by atoms with van der Waals surface area (Å²) < 4.78 is 11.5. The Kier molecular flexibility index (Phi) is 6.99. The number of nitrogens with one attached hydrogen (secondary N) is 1. The molecule has 3 heterocycles. The molecule has 33 heavy (non-hydrogen) atoms. The fourth-order valence-corrected chi connectivity index (χ4v) is 3.74. The third kappa shape index (κ3) is 5.75. The lowest BCUT2D eigenvalue weighted by molar-refractivity contribution is -0.132. The van der Waals surface area contributed by atoms with Crippen molar-refractivity contribution < 1.29 is 19.1 Å². The molecule has 1 saturated heterocycles. The van der Waals surface area contributed by atoms with Crippen LogP contribution in [0, 0.1) is 6.92 Å². The van der Waals surface area contributed by atoms with Crippen LogP contribution in [0.5, 0.6) is 5.75 Å². The summed E-state index contributed by atoms with van der Waals surface area (Å²) in [4.78, 5) is 33.7. The maximum atomic E-state index is 13.1. The van der Waals surface area contributed by atoms with Crippen LogP contribution in [0.25, 0.3) is 0 Å². The molecule has 4 rings (SSSR count). The van der Waals surface area contributed by atoms with Gasteiger partial charge in [0.05, 0.1) is 32.1 Å². The summed E-state index contributed by atoms with van der Waals surface area (Å²) in [7, 11) is 1.62. The van der Waals surface area contributed by atoms with Crippen molar-refractivity contribution in [2.24, 2.45) is 0 Å². The van der Waals surface area contributed by atoms with Crippen LogP contribution < -0.4 is 4.74 Å². The molecule has 9 nitrogen and oxygen atoms in total. The number of amides is 2. The minimum absolute atomic E-state index is 0.0450. The lowest BCUT2D eigenvalue weighted by Gasteiger charge is -2.24. The minimum Gasteiger partial charge on any atom is -0.497 e. The predicted molar refractivity (Wildman–Crippen MR) is 120 cm³/mol. The maximum Gasteiger partial charge on any atom is 0.274 e. The molecule has 1 aromatic carbocycles. The zero-order valence-corrected chi connectivity index (χ0v) is 18.7. The second-order valence-electron chi connectivity index (χ2n) is 8.00. The first kappa shape index (κ1) is 22.5. The predicted octanol–water partition coefficient (Wildman–Crippen LogP) is 2.19. The highest BCUT2D eigenvalue weighted by Gasteiger charge is 2.32. The Bertz CT molecular complexity index is 1100. The summed E-state index contributed by atoms with van der Waals surface area (Å²) in [5, 5.41) is 6.85. The van der Waals surface area contributed by atoms with Gasteiger partial charge < -0.3 is 19.3 Å². The Morgan fingerprint density at radius 3 is 2.79 bits per heavy atom. The van der Waals surface area contributed by atoms with Crippen molar-refractivity contribution >= 4 is 11.8 Å². The number of aromatic amines is 1. The Morgan fingerprint density at radius 2 is 2.06 bits per heavy atom. The summed E-state index contributed by atoms with van der Waals surface area (Å²) in [6.45, 7) is 3.09. The number of benzene rings is 1. The first-order chi connectivity index (χ1) is 16.0. The monoisotopic (exact) mass is 449 g/mol. The van der Waals surface area contributed by atoms with Gasteiger partial charge in [0, 0.05) is 25.0 Å². The van der Waals surface area contributed by atoms with Crippen LogP contribution in [-0.2, 0) is 22.7 Å². The summed E-state index contributed by atoms with van der Waals surface area (Å²) in [5.74, 6) is 0.283. The van der Waals surface area contributed by atoms with E-state index in [0.717, 1.165) is 22.7 Å². The summed E-state index contributed by atoms with van der Waals surface area (Å²) in [6, 6.07) is 14.9. The highest BCUT2D eigenvalue weighted by molar-refractivity contribution is 5.95. The van der Waals surface area contributed by atoms with Crippen LogP contribution in [0.3, 0.4) is 0 Å². The largest absolute Gasteiger partial charge is 0.497 e. The topological polar surface area (TPSA) is 101 Å². The van der Waals surface area contributed by atoms with Crippen molar-refractivity contribution in [3.8, 4) is 5.75 Å². The molecular weight excluding hydrogens is 422 g/mol. The van der Waals surface area contributed by atoms with Crippen molar-refractivity contribution in [3.63, 3.8) is 0 Å². The van der Waals surface area contributed by atoms with E-state index in [2.05, 4.69) is 15.2 Å². The van der Waals surface area contributed by atoms with E-state index in [1.807, 2.05) is 49.4 Å². The number of hydrogen-bond acceptors (Lipinski definition) is 6. The van der Waals surface area contributed by atoms with Crippen molar-refractivity contribution in [1.82, 2.24) is 25.0 Å². The first-order valence-corrected chi connectivity index (χ1v) is 10.8. The number of carbonyl (C=O) groups is 2. The van der Waals surface area contributed by atoms with Crippen molar-refractivity contribution in [3.05, 3.63) is 77.4 Å². The quantitative estimate of drug-likeness (QED) is 0.594. The van der Waals surface area contributed by atoms with E-state index in [4.69, 9.17) is 9.47 Å². The number of rotatable bonds is 7. The molecule has 0 aliphatic carbocycles. The number of methoxy groups -OCH3 is 1. The molecule has 172 valence electrons. The molecule has 0 bridgehead atoms. The summed E-state index contributed by atoms with van der Waals surface area (Å²) in [5.41, 5.74) is 2.79. The molecule has 3 aromatic rings. The average Bonchev–Trinajstić information content (AvgIpc) is 3.21. The lowest BCUT2D eigenvalue weighted by atomic mass is 10.2. The van der Waals surface area contributed by atoms with E-state index in [1.54, 1.807) is 24.3 Å². The summed E-state index contributed by atoms with van der Waals surface area (Å²) in [6.07, 6.45) is 1.32. The molecule has 2 amide bonds. The molecule has 1 aliphatic rings. The Hall–Kier alpha value is -3.72. The van der Waals surface area contributed by atoms with Gasteiger partial charge in [-0.25, -0.2) is 0 Å². The maximum absolute atomic E-state index is 13.1. The van der Waals surface area contributed by atoms with Gasteiger partial charge >= 0.3 is 0 Å². The fourth-order valence-electron chi connectivity index (χ4n) is 3.74. The highest BCUT2D eigenvalue weighted by Crippen LogP contribution is 2.17.